The second-order valence-electron chi connectivity index (χ2n) is 4.27. The van der Waals surface area contributed by atoms with Crippen molar-refractivity contribution >= 4 is 17.7 Å². The summed E-state index contributed by atoms with van der Waals surface area (Å²) in [4.78, 5) is 28.1. The van der Waals surface area contributed by atoms with Gasteiger partial charge in [0, 0.05) is 6.42 Å². The molecule has 0 saturated heterocycles. The summed E-state index contributed by atoms with van der Waals surface area (Å²) in [6.07, 6.45) is 0.209. The van der Waals surface area contributed by atoms with Crippen molar-refractivity contribution in [1.82, 2.24) is 0 Å². The van der Waals surface area contributed by atoms with Gasteiger partial charge in [0.25, 0.3) is 0 Å². The van der Waals surface area contributed by atoms with Gasteiger partial charge in [-0.2, -0.15) is 0 Å². The van der Waals surface area contributed by atoms with E-state index in [9.17, 15) is 9.59 Å². The number of methoxy groups -OCH3 is 2. The third-order valence-corrected chi connectivity index (χ3v) is 3.22. The Kier molecular flexibility index (Phi) is 2.78. The van der Waals surface area contributed by atoms with Gasteiger partial charge < -0.3 is 20.0 Å². The van der Waals surface area contributed by atoms with Crippen LogP contribution < -0.4 is 5.73 Å². The SMILES string of the molecule is COC(=O)C1=NO[C@H]2C[C@@](N)(C(=O)OC)C[C@@H]12. The summed E-state index contributed by atoms with van der Waals surface area (Å²) < 4.78 is 9.24. The van der Waals surface area contributed by atoms with E-state index >= 15 is 0 Å². The van der Waals surface area contributed by atoms with Gasteiger partial charge in [0.1, 0.15) is 11.6 Å². The zero-order chi connectivity index (χ0) is 12.6. The fraction of sp³-hybridized carbons (Fsp3) is 0.700. The maximum Gasteiger partial charge on any atom is 0.356 e. The summed E-state index contributed by atoms with van der Waals surface area (Å²) >= 11 is 0. The largest absolute Gasteiger partial charge is 0.468 e. The second kappa shape index (κ2) is 3.99. The molecule has 0 aromatic rings. The van der Waals surface area contributed by atoms with Crippen LogP contribution in [0.3, 0.4) is 0 Å². The van der Waals surface area contributed by atoms with E-state index in [1.807, 2.05) is 0 Å². The van der Waals surface area contributed by atoms with E-state index in [1.165, 1.54) is 14.2 Å². The van der Waals surface area contributed by atoms with Gasteiger partial charge in [0.2, 0.25) is 0 Å². The third-order valence-electron chi connectivity index (χ3n) is 3.22. The molecule has 2 rings (SSSR count). The number of nitrogens with zero attached hydrogens (tertiary/aromatic N) is 1. The topological polar surface area (TPSA) is 100 Å². The molecule has 2 N–H and O–H groups in total. The average Bonchev–Trinajstić information content (AvgIpc) is 2.84. The first kappa shape index (κ1) is 11.8. The van der Waals surface area contributed by atoms with Crippen LogP contribution in [0.5, 0.6) is 0 Å². The number of carbonyl (C=O) groups is 2. The Morgan fingerprint density at radius 2 is 2.12 bits per heavy atom. The summed E-state index contributed by atoms with van der Waals surface area (Å²) in [6, 6.07) is 0. The van der Waals surface area contributed by atoms with Gasteiger partial charge >= 0.3 is 11.9 Å². The highest BCUT2D eigenvalue weighted by Crippen LogP contribution is 2.40. The first-order chi connectivity index (χ1) is 8.01. The van der Waals surface area contributed by atoms with E-state index in [4.69, 9.17) is 10.6 Å². The third kappa shape index (κ3) is 1.76. The van der Waals surface area contributed by atoms with E-state index in [2.05, 4.69) is 14.6 Å². The molecule has 7 nitrogen and oxygen atoms in total. The summed E-state index contributed by atoms with van der Waals surface area (Å²) in [7, 11) is 2.55. The van der Waals surface area contributed by atoms with Crippen molar-refractivity contribution in [3.8, 4) is 0 Å². The molecular formula is C10H14N2O5. The van der Waals surface area contributed by atoms with Crippen molar-refractivity contribution in [1.29, 1.82) is 0 Å². The lowest BCUT2D eigenvalue weighted by atomic mass is 9.95. The lowest BCUT2D eigenvalue weighted by molar-refractivity contribution is -0.147. The quantitative estimate of drug-likeness (QED) is 0.636. The zero-order valence-electron chi connectivity index (χ0n) is 9.63. The number of hydrogen-bond acceptors (Lipinski definition) is 7. The average molecular weight is 242 g/mol. The molecule has 0 aromatic carbocycles. The van der Waals surface area contributed by atoms with Crippen molar-refractivity contribution in [2.75, 3.05) is 14.2 Å². The fourth-order valence-electron chi connectivity index (χ4n) is 2.35. The highest BCUT2D eigenvalue weighted by molar-refractivity contribution is 6.37. The Hall–Kier alpha value is -1.63. The molecule has 1 aliphatic carbocycles. The van der Waals surface area contributed by atoms with Crippen LogP contribution in [0.4, 0.5) is 0 Å². The predicted octanol–water partition coefficient (Wildman–Crippen LogP) is -0.805. The molecule has 0 spiro atoms. The number of hydrogen-bond donors (Lipinski definition) is 1. The molecular weight excluding hydrogens is 228 g/mol. The van der Waals surface area contributed by atoms with Gasteiger partial charge in [0.15, 0.2) is 5.71 Å². The summed E-state index contributed by atoms with van der Waals surface area (Å²) in [6.45, 7) is 0. The molecule has 1 fully saturated rings. The fourth-order valence-corrected chi connectivity index (χ4v) is 2.35. The van der Waals surface area contributed by atoms with Gasteiger partial charge in [-0.05, 0) is 6.42 Å². The van der Waals surface area contributed by atoms with Crippen LogP contribution in [0.25, 0.3) is 0 Å². The maximum atomic E-state index is 11.6. The monoisotopic (exact) mass is 242 g/mol. The van der Waals surface area contributed by atoms with Crippen molar-refractivity contribution in [3.05, 3.63) is 0 Å². The molecule has 1 saturated carbocycles. The Morgan fingerprint density at radius 3 is 2.71 bits per heavy atom. The van der Waals surface area contributed by atoms with Crippen LogP contribution >= 0.6 is 0 Å². The molecule has 7 heteroatoms. The molecule has 0 unspecified atom stereocenters. The summed E-state index contributed by atoms with van der Waals surface area (Å²) in [5, 5.41) is 3.68. The minimum atomic E-state index is -1.11. The molecule has 2 aliphatic rings. The molecule has 0 aromatic heterocycles. The van der Waals surface area contributed by atoms with Gasteiger partial charge in [-0.1, -0.05) is 5.16 Å². The van der Waals surface area contributed by atoms with Gasteiger partial charge in [-0.25, -0.2) is 4.79 Å². The number of rotatable bonds is 2. The van der Waals surface area contributed by atoms with E-state index in [-0.39, 0.29) is 30.6 Å². The Labute approximate surface area is 97.9 Å². The van der Waals surface area contributed by atoms with E-state index in [0.29, 0.717) is 0 Å². The Morgan fingerprint density at radius 1 is 1.41 bits per heavy atom. The molecule has 0 amide bonds. The minimum Gasteiger partial charge on any atom is -0.468 e. The van der Waals surface area contributed by atoms with E-state index in [1.54, 1.807) is 0 Å². The number of ether oxygens (including phenoxy) is 2. The highest BCUT2D eigenvalue weighted by atomic mass is 16.6. The maximum absolute atomic E-state index is 11.6. The van der Waals surface area contributed by atoms with Crippen molar-refractivity contribution < 1.29 is 23.9 Å². The first-order valence-electron chi connectivity index (χ1n) is 5.21. The molecule has 1 heterocycles. The van der Waals surface area contributed by atoms with E-state index in [0.717, 1.165) is 0 Å². The van der Waals surface area contributed by atoms with Crippen LogP contribution in [0.2, 0.25) is 0 Å². The lowest BCUT2D eigenvalue weighted by Crippen LogP contribution is -2.47. The Bertz CT molecular complexity index is 394. The van der Waals surface area contributed by atoms with Crippen LogP contribution in [0.15, 0.2) is 5.16 Å². The highest BCUT2D eigenvalue weighted by Gasteiger charge is 2.55. The van der Waals surface area contributed by atoms with Crippen molar-refractivity contribution in [2.45, 2.75) is 24.5 Å². The number of carbonyl (C=O) groups excluding carboxylic acids is 2. The van der Waals surface area contributed by atoms with Crippen LogP contribution in [0, 0.1) is 5.92 Å². The molecule has 0 bridgehead atoms. The van der Waals surface area contributed by atoms with Crippen molar-refractivity contribution in [3.63, 3.8) is 0 Å². The summed E-state index contributed by atoms with van der Waals surface area (Å²) in [5.41, 5.74) is 5.02. The molecule has 1 aliphatic heterocycles. The molecule has 3 atom stereocenters. The zero-order valence-corrected chi connectivity index (χ0v) is 9.63. The smallest absolute Gasteiger partial charge is 0.356 e. The Balaban J connectivity index is 2.15. The summed E-state index contributed by atoms with van der Waals surface area (Å²) in [5.74, 6) is -1.35. The predicted molar refractivity (Wildman–Crippen MR) is 56.0 cm³/mol. The normalized spacial score (nSPS) is 34.6. The second-order valence-corrected chi connectivity index (χ2v) is 4.27. The van der Waals surface area contributed by atoms with Crippen molar-refractivity contribution in [2.24, 2.45) is 16.8 Å². The van der Waals surface area contributed by atoms with Gasteiger partial charge in [-0.15, -0.1) is 0 Å². The molecule has 94 valence electrons. The number of nitrogens with two attached hydrogens (primary N) is 1. The number of fused-ring (bicyclic) bond motifs is 1. The number of oxime groups is 1. The lowest BCUT2D eigenvalue weighted by Gasteiger charge is -2.20. The van der Waals surface area contributed by atoms with Crippen LogP contribution in [-0.2, 0) is 23.9 Å². The number of esters is 2. The van der Waals surface area contributed by atoms with Gasteiger partial charge in [-0.3, -0.25) is 4.79 Å². The molecule has 0 radical (unpaired) electrons. The van der Waals surface area contributed by atoms with Crippen LogP contribution in [0.1, 0.15) is 12.8 Å². The van der Waals surface area contributed by atoms with Crippen LogP contribution in [-0.4, -0.2) is 43.5 Å². The standard InChI is InChI=1S/C10H14N2O5/c1-15-8(13)7-5-3-10(11,9(14)16-2)4-6(5)17-12-7/h5-6H,3-4,11H2,1-2H3/t5-,6+,10-/m1/s1. The minimum absolute atomic E-state index is 0.189. The molecule has 17 heavy (non-hydrogen) atoms. The first-order valence-corrected chi connectivity index (χ1v) is 5.21. The van der Waals surface area contributed by atoms with E-state index < -0.39 is 17.5 Å². The van der Waals surface area contributed by atoms with Gasteiger partial charge in [0.05, 0.1) is 20.1 Å².